The van der Waals surface area contributed by atoms with Gasteiger partial charge in [0, 0.05) is 39.1 Å². The molecule has 0 aliphatic heterocycles. The summed E-state index contributed by atoms with van der Waals surface area (Å²) in [5, 5.41) is 6.15. The summed E-state index contributed by atoms with van der Waals surface area (Å²) in [6.07, 6.45) is 9.76. The second kappa shape index (κ2) is 13.0. The first-order valence-corrected chi connectivity index (χ1v) is 8.97. The fraction of sp³-hybridized carbons (Fsp3) is 0.526. The third-order valence-corrected chi connectivity index (χ3v) is 3.68. The molecular weight excluding hydrogens is 314 g/mol. The highest BCUT2D eigenvalue weighted by atomic mass is 16.1. The summed E-state index contributed by atoms with van der Waals surface area (Å²) in [6.45, 7) is 8.62. The molecule has 1 aromatic heterocycles. The smallest absolute Gasteiger partial charge is 0.252 e. The number of pyridine rings is 1. The minimum Gasteiger partial charge on any atom is -0.357 e. The minimum atomic E-state index is -0.121. The molecule has 0 aromatic carbocycles. The van der Waals surface area contributed by atoms with E-state index in [4.69, 9.17) is 0 Å². The van der Waals surface area contributed by atoms with Crippen molar-refractivity contribution in [2.24, 2.45) is 4.99 Å². The molecule has 1 heterocycles. The maximum Gasteiger partial charge on any atom is 0.252 e. The predicted molar refractivity (Wildman–Crippen MR) is 104 cm³/mol. The van der Waals surface area contributed by atoms with Crippen molar-refractivity contribution in [3.05, 3.63) is 42.7 Å². The molecule has 0 unspecified atom stereocenters. The number of carbonyl (C=O) groups excluding carboxylic acids is 1. The molecule has 6 nitrogen and oxygen atoms in total. The van der Waals surface area contributed by atoms with Crippen LogP contribution in [0.15, 0.2) is 42.2 Å². The van der Waals surface area contributed by atoms with Crippen LogP contribution in [0, 0.1) is 0 Å². The summed E-state index contributed by atoms with van der Waals surface area (Å²) in [5.74, 6) is 0.755. The number of rotatable bonds is 11. The quantitative estimate of drug-likeness (QED) is 0.280. The third kappa shape index (κ3) is 8.88. The standard InChI is InChI=1S/C19H31N5O/c1-4-6-7-8-9-15-24(3)19(21-5-2)23-14-13-22-18(25)17-11-10-12-20-16-17/h4,10-12,16H,1,5-9,13-15H2,2-3H3,(H,21,23)(H,22,25). The van der Waals surface area contributed by atoms with Crippen LogP contribution in [0.3, 0.4) is 0 Å². The normalized spacial score (nSPS) is 11.0. The summed E-state index contributed by atoms with van der Waals surface area (Å²) in [6, 6.07) is 3.50. The number of carbonyl (C=O) groups is 1. The van der Waals surface area contributed by atoms with Crippen molar-refractivity contribution in [1.82, 2.24) is 20.5 Å². The molecule has 0 saturated heterocycles. The van der Waals surface area contributed by atoms with E-state index in [0.29, 0.717) is 18.7 Å². The van der Waals surface area contributed by atoms with Crippen LogP contribution >= 0.6 is 0 Å². The van der Waals surface area contributed by atoms with Gasteiger partial charge >= 0.3 is 0 Å². The van der Waals surface area contributed by atoms with Gasteiger partial charge in [-0.05, 0) is 38.3 Å². The monoisotopic (exact) mass is 345 g/mol. The van der Waals surface area contributed by atoms with Crippen molar-refractivity contribution >= 4 is 11.9 Å². The molecule has 1 amide bonds. The summed E-state index contributed by atoms with van der Waals surface area (Å²) < 4.78 is 0. The number of allylic oxidation sites excluding steroid dienone is 1. The third-order valence-electron chi connectivity index (χ3n) is 3.68. The van der Waals surface area contributed by atoms with Gasteiger partial charge in [-0.15, -0.1) is 6.58 Å². The van der Waals surface area contributed by atoms with E-state index in [2.05, 4.69) is 39.0 Å². The zero-order valence-corrected chi connectivity index (χ0v) is 15.5. The molecule has 0 bridgehead atoms. The van der Waals surface area contributed by atoms with Gasteiger partial charge in [0.2, 0.25) is 0 Å². The van der Waals surface area contributed by atoms with E-state index in [-0.39, 0.29) is 5.91 Å². The highest BCUT2D eigenvalue weighted by Crippen LogP contribution is 2.01. The highest BCUT2D eigenvalue weighted by molar-refractivity contribution is 5.93. The molecule has 138 valence electrons. The summed E-state index contributed by atoms with van der Waals surface area (Å²) in [5.41, 5.74) is 0.565. The maximum absolute atomic E-state index is 11.9. The number of amides is 1. The van der Waals surface area contributed by atoms with Gasteiger partial charge < -0.3 is 15.5 Å². The Morgan fingerprint density at radius 3 is 2.88 bits per heavy atom. The van der Waals surface area contributed by atoms with E-state index in [1.54, 1.807) is 24.5 Å². The average molecular weight is 345 g/mol. The van der Waals surface area contributed by atoms with Crippen molar-refractivity contribution in [3.8, 4) is 0 Å². The van der Waals surface area contributed by atoms with Gasteiger partial charge in [0.1, 0.15) is 0 Å². The van der Waals surface area contributed by atoms with Crippen LogP contribution in [-0.4, -0.2) is 55.0 Å². The molecule has 0 saturated carbocycles. The number of aromatic nitrogens is 1. The van der Waals surface area contributed by atoms with Crippen LogP contribution in [-0.2, 0) is 0 Å². The second-order valence-corrected chi connectivity index (χ2v) is 5.79. The Morgan fingerprint density at radius 2 is 2.20 bits per heavy atom. The zero-order valence-electron chi connectivity index (χ0n) is 15.5. The Labute approximate surface area is 151 Å². The van der Waals surface area contributed by atoms with E-state index < -0.39 is 0 Å². The van der Waals surface area contributed by atoms with Gasteiger partial charge in [-0.2, -0.15) is 0 Å². The van der Waals surface area contributed by atoms with Gasteiger partial charge in [-0.25, -0.2) is 0 Å². The van der Waals surface area contributed by atoms with Crippen LogP contribution < -0.4 is 10.6 Å². The predicted octanol–water partition coefficient (Wildman–Crippen LogP) is 2.46. The largest absolute Gasteiger partial charge is 0.357 e. The molecule has 6 heteroatoms. The van der Waals surface area contributed by atoms with E-state index in [1.807, 2.05) is 13.1 Å². The molecule has 25 heavy (non-hydrogen) atoms. The lowest BCUT2D eigenvalue weighted by Gasteiger charge is -2.22. The lowest BCUT2D eigenvalue weighted by Crippen LogP contribution is -2.40. The van der Waals surface area contributed by atoms with Gasteiger partial charge in [0.15, 0.2) is 5.96 Å². The van der Waals surface area contributed by atoms with Gasteiger partial charge in [-0.1, -0.05) is 12.5 Å². The lowest BCUT2D eigenvalue weighted by atomic mass is 10.2. The Bertz CT molecular complexity index is 530. The topological polar surface area (TPSA) is 69.6 Å². The van der Waals surface area contributed by atoms with Crippen molar-refractivity contribution in [2.75, 3.05) is 33.2 Å². The molecule has 0 atom stereocenters. The lowest BCUT2D eigenvalue weighted by molar-refractivity contribution is 0.0954. The van der Waals surface area contributed by atoms with Gasteiger partial charge in [-0.3, -0.25) is 14.8 Å². The van der Waals surface area contributed by atoms with E-state index >= 15 is 0 Å². The van der Waals surface area contributed by atoms with Crippen LogP contribution in [0.4, 0.5) is 0 Å². The molecule has 0 fully saturated rings. The number of unbranched alkanes of at least 4 members (excludes halogenated alkanes) is 3. The molecule has 1 aromatic rings. The molecule has 0 radical (unpaired) electrons. The highest BCUT2D eigenvalue weighted by Gasteiger charge is 2.06. The van der Waals surface area contributed by atoms with Crippen LogP contribution in [0.25, 0.3) is 0 Å². The van der Waals surface area contributed by atoms with Crippen molar-refractivity contribution < 1.29 is 4.79 Å². The average Bonchev–Trinajstić information content (AvgIpc) is 2.64. The summed E-state index contributed by atoms with van der Waals surface area (Å²) >= 11 is 0. The van der Waals surface area contributed by atoms with Crippen LogP contribution in [0.2, 0.25) is 0 Å². The molecule has 0 aliphatic rings. The van der Waals surface area contributed by atoms with Crippen molar-refractivity contribution in [2.45, 2.75) is 32.6 Å². The first kappa shape index (κ1) is 20.7. The minimum absolute atomic E-state index is 0.121. The number of hydrogen-bond donors (Lipinski definition) is 2. The molecule has 0 aliphatic carbocycles. The summed E-state index contributed by atoms with van der Waals surface area (Å²) in [4.78, 5) is 22.6. The second-order valence-electron chi connectivity index (χ2n) is 5.79. The van der Waals surface area contributed by atoms with Crippen LogP contribution in [0.5, 0.6) is 0 Å². The number of guanidine groups is 1. The fourth-order valence-electron chi connectivity index (χ4n) is 2.32. The Morgan fingerprint density at radius 1 is 1.36 bits per heavy atom. The van der Waals surface area contributed by atoms with Crippen LogP contribution in [0.1, 0.15) is 43.0 Å². The number of nitrogens with zero attached hydrogens (tertiary/aromatic N) is 3. The SMILES string of the molecule is C=CCCCCCN(C)C(=NCCNC(=O)c1cccnc1)NCC. The first-order valence-electron chi connectivity index (χ1n) is 8.97. The maximum atomic E-state index is 11.9. The van der Waals surface area contributed by atoms with Crippen molar-refractivity contribution in [3.63, 3.8) is 0 Å². The van der Waals surface area contributed by atoms with E-state index in [0.717, 1.165) is 31.9 Å². The van der Waals surface area contributed by atoms with Crippen molar-refractivity contribution in [1.29, 1.82) is 0 Å². The number of nitrogens with one attached hydrogen (secondary N) is 2. The molecule has 0 spiro atoms. The summed E-state index contributed by atoms with van der Waals surface area (Å²) in [7, 11) is 2.04. The molecule has 1 rings (SSSR count). The van der Waals surface area contributed by atoms with Gasteiger partial charge in [0.25, 0.3) is 5.91 Å². The number of aliphatic imine (C=N–C) groups is 1. The fourth-order valence-corrected chi connectivity index (χ4v) is 2.32. The molecular formula is C19H31N5O. The Balaban J connectivity index is 2.36. The van der Waals surface area contributed by atoms with Gasteiger partial charge in [0.05, 0.1) is 12.1 Å². The first-order chi connectivity index (χ1) is 12.2. The Hall–Kier alpha value is -2.37. The Kier molecular flexibility index (Phi) is 10.7. The van der Waals surface area contributed by atoms with E-state index in [1.165, 1.54) is 12.8 Å². The van der Waals surface area contributed by atoms with E-state index in [9.17, 15) is 4.79 Å². The number of hydrogen-bond acceptors (Lipinski definition) is 3. The molecule has 2 N–H and O–H groups in total. The zero-order chi connectivity index (χ0) is 18.3.